The van der Waals surface area contributed by atoms with Crippen molar-refractivity contribution in [1.82, 2.24) is 0 Å². The standard InChI is InChI=1S/C26H30O4S2/c1-5-20-21(17-7-9-18(27-2)10-8-17)16-24(30-25(20)26-31-13-6-14-32-26)22-15-19(28-3)11-12-23(22)29-4/h7-12,15-16,21,26H,5-6,13-14H2,1-4H3. The predicted octanol–water partition coefficient (Wildman–Crippen LogP) is 6.73. The molecule has 0 N–H and O–H groups in total. The highest BCUT2D eigenvalue weighted by atomic mass is 32.2. The van der Waals surface area contributed by atoms with Crippen LogP contribution >= 0.6 is 23.5 Å². The molecule has 4 rings (SSSR count). The van der Waals surface area contributed by atoms with Crippen molar-refractivity contribution in [3.63, 3.8) is 0 Å². The Morgan fingerprint density at radius 1 is 0.906 bits per heavy atom. The van der Waals surface area contributed by atoms with Gasteiger partial charge in [0, 0.05) is 5.92 Å². The third kappa shape index (κ3) is 4.76. The zero-order chi connectivity index (χ0) is 22.5. The number of hydrogen-bond donors (Lipinski definition) is 0. The number of allylic oxidation sites excluding steroid dienone is 2. The van der Waals surface area contributed by atoms with Gasteiger partial charge >= 0.3 is 0 Å². The maximum absolute atomic E-state index is 6.69. The largest absolute Gasteiger partial charge is 0.497 e. The Morgan fingerprint density at radius 3 is 2.22 bits per heavy atom. The summed E-state index contributed by atoms with van der Waals surface area (Å²) in [6.07, 6.45) is 4.40. The van der Waals surface area contributed by atoms with Crippen molar-refractivity contribution in [3.8, 4) is 17.2 Å². The second-order valence-electron chi connectivity index (χ2n) is 7.62. The Bertz CT molecular complexity index is 991. The fourth-order valence-corrected chi connectivity index (χ4v) is 7.01. The summed E-state index contributed by atoms with van der Waals surface area (Å²) in [5, 5.41) is 0. The number of benzene rings is 2. The quantitative estimate of drug-likeness (QED) is 0.447. The van der Waals surface area contributed by atoms with E-state index >= 15 is 0 Å². The normalized spacial score (nSPS) is 19.2. The van der Waals surface area contributed by atoms with E-state index in [9.17, 15) is 0 Å². The van der Waals surface area contributed by atoms with Gasteiger partial charge in [0.1, 0.15) is 33.3 Å². The van der Waals surface area contributed by atoms with Gasteiger partial charge < -0.3 is 18.9 Å². The summed E-state index contributed by atoms with van der Waals surface area (Å²) in [6, 6.07) is 14.2. The lowest BCUT2D eigenvalue weighted by atomic mass is 9.86. The molecule has 1 saturated heterocycles. The third-order valence-corrected chi connectivity index (χ3v) is 8.70. The van der Waals surface area contributed by atoms with E-state index in [-0.39, 0.29) is 5.92 Å². The molecule has 6 heteroatoms. The molecule has 2 aromatic rings. The molecule has 2 aliphatic heterocycles. The first-order chi connectivity index (χ1) is 15.7. The maximum atomic E-state index is 6.69. The Hall–Kier alpha value is -2.18. The van der Waals surface area contributed by atoms with E-state index in [1.54, 1.807) is 21.3 Å². The summed E-state index contributed by atoms with van der Waals surface area (Å²) in [7, 11) is 5.07. The van der Waals surface area contributed by atoms with Crippen LogP contribution in [0.5, 0.6) is 17.2 Å². The minimum atomic E-state index is 0.128. The first-order valence-corrected chi connectivity index (χ1v) is 13.0. The van der Waals surface area contributed by atoms with Gasteiger partial charge in [-0.25, -0.2) is 0 Å². The molecule has 2 heterocycles. The minimum Gasteiger partial charge on any atom is -0.497 e. The zero-order valence-electron chi connectivity index (χ0n) is 19.1. The summed E-state index contributed by atoms with van der Waals surface area (Å²) in [5.41, 5.74) is 3.48. The molecular weight excluding hydrogens is 440 g/mol. The average molecular weight is 471 g/mol. The van der Waals surface area contributed by atoms with Crippen molar-refractivity contribution >= 4 is 29.3 Å². The van der Waals surface area contributed by atoms with Gasteiger partial charge in [-0.3, -0.25) is 0 Å². The van der Waals surface area contributed by atoms with Crippen molar-refractivity contribution < 1.29 is 18.9 Å². The summed E-state index contributed by atoms with van der Waals surface area (Å²) >= 11 is 3.97. The van der Waals surface area contributed by atoms with E-state index < -0.39 is 0 Å². The van der Waals surface area contributed by atoms with Gasteiger partial charge in [-0.15, -0.1) is 23.5 Å². The van der Waals surface area contributed by atoms with E-state index in [2.05, 4.69) is 25.1 Å². The van der Waals surface area contributed by atoms with Gasteiger partial charge in [-0.1, -0.05) is 19.1 Å². The van der Waals surface area contributed by atoms with Gasteiger partial charge in [0.25, 0.3) is 0 Å². The minimum absolute atomic E-state index is 0.128. The predicted molar refractivity (Wildman–Crippen MR) is 135 cm³/mol. The van der Waals surface area contributed by atoms with Crippen LogP contribution < -0.4 is 14.2 Å². The van der Waals surface area contributed by atoms with Gasteiger partial charge in [0.2, 0.25) is 0 Å². The molecule has 2 aromatic carbocycles. The van der Waals surface area contributed by atoms with E-state index in [1.165, 1.54) is 17.6 Å². The summed E-state index contributed by atoms with van der Waals surface area (Å²) in [6.45, 7) is 2.22. The van der Waals surface area contributed by atoms with Gasteiger partial charge in [0.05, 0.1) is 26.9 Å². The van der Waals surface area contributed by atoms with E-state index in [4.69, 9.17) is 18.9 Å². The van der Waals surface area contributed by atoms with Crippen molar-refractivity contribution in [1.29, 1.82) is 0 Å². The third-order valence-electron chi connectivity index (χ3n) is 5.80. The molecule has 170 valence electrons. The molecular formula is C26H30O4S2. The number of hydrogen-bond acceptors (Lipinski definition) is 6. The molecule has 1 fully saturated rings. The molecule has 0 spiro atoms. The van der Waals surface area contributed by atoms with Crippen molar-refractivity contribution in [2.45, 2.75) is 30.3 Å². The molecule has 1 atom stereocenters. The Balaban J connectivity index is 1.83. The van der Waals surface area contributed by atoms with Crippen LogP contribution in [-0.2, 0) is 4.74 Å². The Morgan fingerprint density at radius 2 is 1.59 bits per heavy atom. The maximum Gasteiger partial charge on any atom is 0.135 e. The fourth-order valence-electron chi connectivity index (χ4n) is 4.12. The van der Waals surface area contributed by atoms with Crippen LogP contribution in [0.3, 0.4) is 0 Å². The number of ether oxygens (including phenoxy) is 4. The SMILES string of the molecule is CCC1=C(C2SCCCS2)OC(c2cc(OC)ccc2OC)=CC1c1ccc(OC)cc1. The number of thioether (sulfide) groups is 2. The highest BCUT2D eigenvalue weighted by molar-refractivity contribution is 8.17. The monoisotopic (exact) mass is 470 g/mol. The van der Waals surface area contributed by atoms with Crippen LogP contribution in [0.15, 0.2) is 59.9 Å². The smallest absolute Gasteiger partial charge is 0.135 e. The average Bonchev–Trinajstić information content (AvgIpc) is 2.88. The van der Waals surface area contributed by atoms with Crippen molar-refractivity contribution in [2.24, 2.45) is 0 Å². The lowest BCUT2D eigenvalue weighted by Crippen LogP contribution is -2.20. The highest BCUT2D eigenvalue weighted by Gasteiger charge is 2.32. The van der Waals surface area contributed by atoms with E-state index in [1.807, 2.05) is 53.9 Å². The zero-order valence-corrected chi connectivity index (χ0v) is 20.7. The summed E-state index contributed by atoms with van der Waals surface area (Å²) in [4.78, 5) is 0. The molecule has 32 heavy (non-hydrogen) atoms. The summed E-state index contributed by atoms with van der Waals surface area (Å²) < 4.78 is 23.6. The highest BCUT2D eigenvalue weighted by Crippen LogP contribution is 2.48. The number of methoxy groups -OCH3 is 3. The lowest BCUT2D eigenvalue weighted by Gasteiger charge is -2.33. The molecule has 0 aromatic heterocycles. The lowest BCUT2D eigenvalue weighted by molar-refractivity contribution is 0.352. The van der Waals surface area contributed by atoms with E-state index in [0.717, 1.165) is 52.3 Å². The van der Waals surface area contributed by atoms with Crippen LogP contribution in [0, 0.1) is 0 Å². The molecule has 0 amide bonds. The molecule has 0 radical (unpaired) electrons. The van der Waals surface area contributed by atoms with Crippen molar-refractivity contribution in [3.05, 3.63) is 71.0 Å². The Labute approximate surface area is 199 Å². The fraction of sp³-hybridized carbons (Fsp3) is 0.385. The first kappa shape index (κ1) is 23.0. The van der Waals surface area contributed by atoms with Crippen molar-refractivity contribution in [2.75, 3.05) is 32.8 Å². The molecule has 1 unspecified atom stereocenters. The van der Waals surface area contributed by atoms with Gasteiger partial charge in [-0.2, -0.15) is 0 Å². The molecule has 0 aliphatic carbocycles. The molecule has 0 saturated carbocycles. The number of rotatable bonds is 7. The van der Waals surface area contributed by atoms with Crippen LogP contribution in [0.25, 0.3) is 5.76 Å². The second-order valence-corrected chi connectivity index (χ2v) is 10.3. The molecule has 0 bridgehead atoms. The Kier molecular flexibility index (Phi) is 7.63. The second kappa shape index (κ2) is 10.6. The van der Waals surface area contributed by atoms with Crippen LogP contribution in [0.1, 0.15) is 36.8 Å². The molecule has 4 nitrogen and oxygen atoms in total. The van der Waals surface area contributed by atoms with Gasteiger partial charge in [-0.05, 0) is 71.9 Å². The van der Waals surface area contributed by atoms with Gasteiger partial charge in [0.15, 0.2) is 0 Å². The first-order valence-electron chi connectivity index (χ1n) is 10.9. The van der Waals surface area contributed by atoms with Crippen LogP contribution in [-0.4, -0.2) is 37.4 Å². The molecule has 2 aliphatic rings. The van der Waals surface area contributed by atoms with Crippen LogP contribution in [0.2, 0.25) is 0 Å². The van der Waals surface area contributed by atoms with Crippen LogP contribution in [0.4, 0.5) is 0 Å². The topological polar surface area (TPSA) is 36.9 Å². The summed E-state index contributed by atoms with van der Waals surface area (Å²) in [5.74, 6) is 6.77. The van der Waals surface area contributed by atoms with E-state index in [0.29, 0.717) is 4.58 Å².